The number of benzene rings is 1. The van der Waals surface area contributed by atoms with Gasteiger partial charge in [0, 0.05) is 42.3 Å². The number of carbonyl (C=O) groups excluding carboxylic acids is 2. The molecule has 4 rings (SSSR count). The van der Waals surface area contributed by atoms with Crippen LogP contribution in [0.2, 0.25) is 0 Å². The number of nitrogens with zero attached hydrogens (tertiary/aromatic N) is 2. The number of H-pyrrole nitrogens is 1. The Labute approximate surface area is 243 Å². The zero-order chi connectivity index (χ0) is 31.1. The molecule has 1 aromatic carbocycles. The van der Waals surface area contributed by atoms with Crippen LogP contribution < -0.4 is 16.2 Å². The van der Waals surface area contributed by atoms with E-state index in [2.05, 4.69) is 15.6 Å². The Kier molecular flexibility index (Phi) is 9.88. The third kappa shape index (κ3) is 8.69. The summed E-state index contributed by atoms with van der Waals surface area (Å²) in [6.07, 6.45) is -0.838. The highest BCUT2D eigenvalue weighted by atomic mass is 19.4. The molecule has 2 aromatic heterocycles. The van der Waals surface area contributed by atoms with Crippen molar-refractivity contribution in [3.05, 3.63) is 76.1 Å². The highest BCUT2D eigenvalue weighted by Gasteiger charge is 2.27. The molecule has 0 spiro atoms. The van der Waals surface area contributed by atoms with Crippen LogP contribution >= 0.6 is 0 Å². The molecule has 1 aliphatic heterocycles. The number of amides is 3. The number of aryl methyl sites for hydroxylation is 1. The number of nitrogens with one attached hydrogen (secondary N) is 3. The highest BCUT2D eigenvalue weighted by molar-refractivity contribution is 5.96. The lowest BCUT2D eigenvalue weighted by molar-refractivity contribution is -0.134. The third-order valence-corrected chi connectivity index (χ3v) is 7.04. The normalized spacial score (nSPS) is 14.4. The summed E-state index contributed by atoms with van der Waals surface area (Å²) in [4.78, 5) is 54.2. The zero-order valence-corrected chi connectivity index (χ0v) is 23.0. The van der Waals surface area contributed by atoms with E-state index in [0.717, 1.165) is 18.9 Å². The van der Waals surface area contributed by atoms with Crippen LogP contribution in [0, 0.1) is 5.82 Å². The van der Waals surface area contributed by atoms with E-state index in [4.69, 9.17) is 0 Å². The summed E-state index contributed by atoms with van der Waals surface area (Å²) in [5, 5.41) is 14.1. The van der Waals surface area contributed by atoms with Gasteiger partial charge in [-0.05, 0) is 74.1 Å². The summed E-state index contributed by atoms with van der Waals surface area (Å²) >= 11 is 0. The molecule has 3 heterocycles. The van der Waals surface area contributed by atoms with Crippen LogP contribution in [0.25, 0.3) is 10.9 Å². The summed E-state index contributed by atoms with van der Waals surface area (Å²) in [6, 6.07) is 5.37. The van der Waals surface area contributed by atoms with Crippen LogP contribution in [-0.4, -0.2) is 62.8 Å². The van der Waals surface area contributed by atoms with Crippen LogP contribution in [-0.2, 0) is 22.6 Å². The number of alkyl halides is 3. The molecule has 0 saturated carbocycles. The van der Waals surface area contributed by atoms with Crippen molar-refractivity contribution in [2.24, 2.45) is 0 Å². The minimum Gasteiger partial charge on any atom is -0.465 e. The van der Waals surface area contributed by atoms with Crippen LogP contribution in [0.3, 0.4) is 0 Å². The van der Waals surface area contributed by atoms with Crippen molar-refractivity contribution in [3.63, 3.8) is 0 Å². The summed E-state index contributed by atoms with van der Waals surface area (Å²) in [5.74, 6) is -1.60. The number of hydrogen-bond acceptors (Lipinski definition) is 4. The van der Waals surface area contributed by atoms with Crippen molar-refractivity contribution in [1.29, 1.82) is 0 Å². The van der Waals surface area contributed by atoms with Gasteiger partial charge < -0.3 is 30.2 Å². The second-order valence-electron chi connectivity index (χ2n) is 10.3. The maximum Gasteiger partial charge on any atom is 0.405 e. The number of anilines is 1. The number of aromatic amines is 1. The van der Waals surface area contributed by atoms with Crippen LogP contribution in [0.4, 0.5) is 28.0 Å². The van der Waals surface area contributed by atoms with E-state index in [-0.39, 0.29) is 36.5 Å². The number of likely N-dealkylation sites (tertiary alicyclic amines) is 1. The van der Waals surface area contributed by atoms with Crippen molar-refractivity contribution in [2.75, 3.05) is 18.4 Å². The van der Waals surface area contributed by atoms with Gasteiger partial charge in [-0.15, -0.1) is 0 Å². The third-order valence-electron chi connectivity index (χ3n) is 7.04. The number of carboxylic acid groups (broad SMARTS) is 1. The summed E-state index contributed by atoms with van der Waals surface area (Å²) < 4.78 is 53.6. The molecule has 43 heavy (non-hydrogen) atoms. The van der Waals surface area contributed by atoms with E-state index in [1.54, 1.807) is 11.0 Å². The van der Waals surface area contributed by atoms with Crippen LogP contribution in [0.5, 0.6) is 0 Å². The highest BCUT2D eigenvalue weighted by Crippen LogP contribution is 2.27. The first-order valence-electron chi connectivity index (χ1n) is 13.7. The lowest BCUT2D eigenvalue weighted by Crippen LogP contribution is -2.44. The number of pyridine rings is 1. The SMILES string of the molecule is O=C(O)NC(CCC=CC(=O)N1CCCC1)C(=O)Nc1cccn(Cc2cc3cc(F)cc(CCC(F)(F)F)c3[nH]2)c1=O. The molecule has 230 valence electrons. The Balaban J connectivity index is 1.45. The largest absolute Gasteiger partial charge is 0.465 e. The molecule has 1 saturated heterocycles. The second-order valence-corrected chi connectivity index (χ2v) is 10.3. The standard InChI is InChI=1S/C29H31F4N5O5/c30-20-14-18(9-10-29(31,32)33)25-19(15-20)16-21(34-25)17-38-13-5-7-23(27(38)41)35-26(40)22(36-28(42)43)6-1-2-8-24(39)37-11-3-4-12-37/h2,5,7-8,13-16,22,34,36H,1,3-4,6,9-12,17H2,(H,35,40)(H,42,43). The Hall–Kier alpha value is -4.62. The Bertz CT molecular complexity index is 1570. The van der Waals surface area contributed by atoms with Gasteiger partial charge in [0.05, 0.1) is 6.54 Å². The van der Waals surface area contributed by atoms with E-state index >= 15 is 0 Å². The van der Waals surface area contributed by atoms with Gasteiger partial charge in [0.25, 0.3) is 5.56 Å². The number of rotatable bonds is 11. The molecule has 3 amide bonds. The first-order chi connectivity index (χ1) is 20.4. The predicted octanol–water partition coefficient (Wildman–Crippen LogP) is 4.55. The molecular weight excluding hydrogens is 574 g/mol. The maximum absolute atomic E-state index is 14.1. The molecule has 4 N–H and O–H groups in total. The van der Waals surface area contributed by atoms with E-state index in [1.807, 2.05) is 0 Å². The average molecular weight is 606 g/mol. The summed E-state index contributed by atoms with van der Waals surface area (Å²) in [6.45, 7) is 1.31. The van der Waals surface area contributed by atoms with Crippen molar-refractivity contribution in [3.8, 4) is 0 Å². The first kappa shape index (κ1) is 31.3. The quantitative estimate of drug-likeness (QED) is 0.188. The fourth-order valence-corrected chi connectivity index (χ4v) is 4.96. The Morgan fingerprint density at radius 2 is 1.88 bits per heavy atom. The fraction of sp³-hybridized carbons (Fsp3) is 0.379. The number of fused-ring (bicyclic) bond motifs is 1. The van der Waals surface area contributed by atoms with Crippen LogP contribution in [0.1, 0.15) is 43.4 Å². The van der Waals surface area contributed by atoms with Gasteiger partial charge >= 0.3 is 12.3 Å². The lowest BCUT2D eigenvalue weighted by atomic mass is 10.1. The monoisotopic (exact) mass is 605 g/mol. The molecule has 14 heteroatoms. The predicted molar refractivity (Wildman–Crippen MR) is 150 cm³/mol. The molecule has 1 aliphatic rings. The fourth-order valence-electron chi connectivity index (χ4n) is 4.96. The van der Waals surface area contributed by atoms with Gasteiger partial charge in [0.2, 0.25) is 11.8 Å². The van der Waals surface area contributed by atoms with E-state index < -0.39 is 48.4 Å². The molecule has 10 nitrogen and oxygen atoms in total. The van der Waals surface area contributed by atoms with Crippen molar-refractivity contribution in [1.82, 2.24) is 19.8 Å². The van der Waals surface area contributed by atoms with E-state index in [0.29, 0.717) is 29.7 Å². The van der Waals surface area contributed by atoms with Crippen LogP contribution in [0.15, 0.2) is 53.5 Å². The topological polar surface area (TPSA) is 137 Å². The van der Waals surface area contributed by atoms with Crippen molar-refractivity contribution < 1.29 is 37.1 Å². The minimum absolute atomic E-state index is 0.0330. The van der Waals surface area contributed by atoms with Gasteiger partial charge in [0.1, 0.15) is 17.5 Å². The van der Waals surface area contributed by atoms with Gasteiger partial charge in [-0.1, -0.05) is 6.08 Å². The molecule has 1 fully saturated rings. The van der Waals surface area contributed by atoms with E-state index in [9.17, 15) is 41.8 Å². The molecule has 0 radical (unpaired) electrons. The Morgan fingerprint density at radius 3 is 2.58 bits per heavy atom. The molecule has 1 unspecified atom stereocenters. The van der Waals surface area contributed by atoms with Crippen molar-refractivity contribution in [2.45, 2.75) is 57.3 Å². The van der Waals surface area contributed by atoms with Gasteiger partial charge in [-0.2, -0.15) is 13.2 Å². The van der Waals surface area contributed by atoms with Gasteiger partial charge in [0.15, 0.2) is 0 Å². The molecule has 1 atom stereocenters. The maximum atomic E-state index is 14.1. The van der Waals surface area contributed by atoms with E-state index in [1.165, 1.54) is 41.1 Å². The van der Waals surface area contributed by atoms with Crippen molar-refractivity contribution >= 4 is 34.5 Å². The number of carbonyl (C=O) groups is 3. The molecule has 0 bridgehead atoms. The first-order valence-corrected chi connectivity index (χ1v) is 13.7. The molecular formula is C29H31F4N5O5. The molecule has 3 aromatic rings. The number of hydrogen-bond donors (Lipinski definition) is 4. The number of aromatic nitrogens is 2. The number of allylic oxidation sites excluding steroid dienone is 1. The average Bonchev–Trinajstić information content (AvgIpc) is 3.61. The van der Waals surface area contributed by atoms with Gasteiger partial charge in [-0.3, -0.25) is 14.4 Å². The zero-order valence-electron chi connectivity index (χ0n) is 23.0. The minimum atomic E-state index is -4.41. The summed E-state index contributed by atoms with van der Waals surface area (Å²) in [7, 11) is 0. The lowest BCUT2D eigenvalue weighted by Gasteiger charge is -2.16. The summed E-state index contributed by atoms with van der Waals surface area (Å²) in [5.41, 5.74) is 0.150. The smallest absolute Gasteiger partial charge is 0.405 e. The Morgan fingerprint density at radius 1 is 1.14 bits per heavy atom. The molecule has 0 aliphatic carbocycles. The van der Waals surface area contributed by atoms with Gasteiger partial charge in [-0.25, -0.2) is 9.18 Å². The second kappa shape index (κ2) is 13.6. The number of halogens is 4.